The number of rotatable bonds is 10. The van der Waals surface area contributed by atoms with Crippen LogP contribution in [0.5, 0.6) is 17.2 Å². The average molecular weight is 499 g/mol. The number of esters is 1. The minimum Gasteiger partial charge on any atom is -0.494 e. The van der Waals surface area contributed by atoms with Crippen LogP contribution in [0.1, 0.15) is 20.9 Å². The van der Waals surface area contributed by atoms with Crippen LogP contribution >= 0.6 is 0 Å². The van der Waals surface area contributed by atoms with Crippen LogP contribution in [0.3, 0.4) is 0 Å². The molecule has 3 aromatic rings. The lowest BCUT2D eigenvalue weighted by Gasteiger charge is -2.15. The average Bonchev–Trinajstić information content (AvgIpc) is 3.42. The third-order valence-corrected chi connectivity index (χ3v) is 4.74. The van der Waals surface area contributed by atoms with Gasteiger partial charge < -0.3 is 34.0 Å². The molecule has 13 heteroatoms. The second kappa shape index (κ2) is 11.4. The van der Waals surface area contributed by atoms with Gasteiger partial charge in [-0.2, -0.15) is 0 Å². The summed E-state index contributed by atoms with van der Waals surface area (Å²) >= 11 is 0. The predicted octanol–water partition coefficient (Wildman–Crippen LogP) is 3.26. The topological polar surface area (TPSA) is 168 Å². The van der Waals surface area contributed by atoms with E-state index in [9.17, 15) is 24.5 Å². The molecule has 0 aliphatic carbocycles. The van der Waals surface area contributed by atoms with E-state index >= 15 is 0 Å². The minimum absolute atomic E-state index is 0.000486. The zero-order valence-electron chi connectivity index (χ0n) is 19.4. The van der Waals surface area contributed by atoms with Crippen LogP contribution in [-0.4, -0.2) is 50.6 Å². The smallest absolute Gasteiger partial charge is 0.340 e. The monoisotopic (exact) mass is 499 g/mol. The summed E-state index contributed by atoms with van der Waals surface area (Å²) in [6.07, 6.45) is 1.32. The lowest BCUT2D eigenvalue weighted by molar-refractivity contribution is -0.384. The fourth-order valence-electron chi connectivity index (χ4n) is 3.03. The summed E-state index contributed by atoms with van der Waals surface area (Å²) < 4.78 is 25.7. The van der Waals surface area contributed by atoms with Gasteiger partial charge in [-0.05, 0) is 18.2 Å². The highest BCUT2D eigenvalue weighted by Crippen LogP contribution is 2.34. The van der Waals surface area contributed by atoms with Gasteiger partial charge in [-0.3, -0.25) is 19.7 Å². The molecule has 1 heterocycles. The maximum absolute atomic E-state index is 12.8. The van der Waals surface area contributed by atoms with Gasteiger partial charge in [0.15, 0.2) is 23.9 Å². The highest BCUT2D eigenvalue weighted by atomic mass is 16.6. The molecule has 0 saturated heterocycles. The summed E-state index contributed by atoms with van der Waals surface area (Å²) in [7, 11) is 4.02. The van der Waals surface area contributed by atoms with Crippen molar-refractivity contribution in [2.45, 2.75) is 0 Å². The number of nitrogens with zero attached hydrogens (tertiary/aromatic N) is 1. The van der Waals surface area contributed by atoms with Crippen LogP contribution in [0.2, 0.25) is 0 Å². The molecule has 0 aliphatic rings. The van der Waals surface area contributed by atoms with Crippen LogP contribution < -0.4 is 24.8 Å². The number of benzene rings is 2. The maximum Gasteiger partial charge on any atom is 0.340 e. The van der Waals surface area contributed by atoms with Crippen LogP contribution in [-0.2, 0) is 9.53 Å². The van der Waals surface area contributed by atoms with Crippen molar-refractivity contribution in [2.75, 3.05) is 38.6 Å². The van der Waals surface area contributed by atoms with Gasteiger partial charge in [-0.25, -0.2) is 4.79 Å². The van der Waals surface area contributed by atoms with Crippen LogP contribution in [0.25, 0.3) is 0 Å². The standard InChI is InChI=1S/C23H21N3O10/c1-32-18-9-13(26(30)31)6-7-15(18)24-21(27)12-36-23(29)14-10-19(33-2)20(34-3)11-16(14)25-22(28)17-5-4-8-35-17/h4-11H,12H2,1-3H3,(H,24,27)(H,25,28). The molecule has 2 N–H and O–H groups in total. The normalized spacial score (nSPS) is 10.2. The fourth-order valence-corrected chi connectivity index (χ4v) is 3.03. The molecule has 0 spiro atoms. The molecule has 2 amide bonds. The molecular formula is C23H21N3O10. The Hall–Kier alpha value is -5.07. The minimum atomic E-state index is -0.948. The number of anilines is 2. The molecular weight excluding hydrogens is 478 g/mol. The molecule has 13 nitrogen and oxygen atoms in total. The van der Waals surface area contributed by atoms with Crippen molar-refractivity contribution in [3.63, 3.8) is 0 Å². The molecule has 0 bridgehead atoms. The van der Waals surface area contributed by atoms with E-state index in [0.717, 1.165) is 6.07 Å². The number of hydrogen-bond donors (Lipinski definition) is 2. The Morgan fingerprint density at radius 2 is 1.61 bits per heavy atom. The molecule has 0 unspecified atom stereocenters. The Morgan fingerprint density at radius 1 is 0.917 bits per heavy atom. The van der Waals surface area contributed by atoms with Crippen LogP contribution in [0.4, 0.5) is 17.1 Å². The molecule has 0 fully saturated rings. The first kappa shape index (κ1) is 25.6. The number of amides is 2. The Kier molecular flexibility index (Phi) is 8.07. The second-order valence-corrected chi connectivity index (χ2v) is 6.95. The van der Waals surface area contributed by atoms with Crippen LogP contribution in [0, 0.1) is 10.1 Å². The van der Waals surface area contributed by atoms with Gasteiger partial charge >= 0.3 is 5.97 Å². The second-order valence-electron chi connectivity index (χ2n) is 6.95. The fraction of sp³-hybridized carbons (Fsp3) is 0.174. The lowest BCUT2D eigenvalue weighted by Crippen LogP contribution is -2.22. The predicted molar refractivity (Wildman–Crippen MR) is 125 cm³/mol. The number of methoxy groups -OCH3 is 3. The molecule has 2 aromatic carbocycles. The first-order chi connectivity index (χ1) is 17.3. The first-order valence-corrected chi connectivity index (χ1v) is 10.2. The summed E-state index contributed by atoms with van der Waals surface area (Å²) in [5, 5.41) is 15.9. The first-order valence-electron chi connectivity index (χ1n) is 10.2. The number of non-ortho nitro benzene ring substituents is 1. The molecule has 1 aromatic heterocycles. The summed E-state index contributed by atoms with van der Waals surface area (Å²) in [6.45, 7) is -0.709. The zero-order valence-corrected chi connectivity index (χ0v) is 19.4. The highest BCUT2D eigenvalue weighted by Gasteiger charge is 2.22. The number of nitrogens with one attached hydrogen (secondary N) is 2. The van der Waals surface area contributed by atoms with Gasteiger partial charge in [0, 0.05) is 18.2 Å². The van der Waals surface area contributed by atoms with Gasteiger partial charge in [0.1, 0.15) is 5.75 Å². The highest BCUT2D eigenvalue weighted by molar-refractivity contribution is 6.07. The molecule has 0 aliphatic heterocycles. The van der Waals surface area contributed by atoms with E-state index in [1.54, 1.807) is 0 Å². The van der Waals surface area contributed by atoms with E-state index in [2.05, 4.69) is 10.6 Å². The Balaban J connectivity index is 1.76. The van der Waals surface area contributed by atoms with E-state index in [1.807, 2.05) is 0 Å². The van der Waals surface area contributed by atoms with Crippen molar-refractivity contribution in [3.05, 3.63) is 70.2 Å². The molecule has 36 heavy (non-hydrogen) atoms. The van der Waals surface area contributed by atoms with Gasteiger partial charge in [0.05, 0.1) is 55.5 Å². The van der Waals surface area contributed by atoms with Gasteiger partial charge in [-0.1, -0.05) is 0 Å². The van der Waals surface area contributed by atoms with Crippen LogP contribution in [0.15, 0.2) is 53.1 Å². The Morgan fingerprint density at radius 3 is 2.22 bits per heavy atom. The summed E-state index contributed by atoms with van der Waals surface area (Å²) in [4.78, 5) is 48.0. The van der Waals surface area contributed by atoms with E-state index in [0.29, 0.717) is 0 Å². The lowest BCUT2D eigenvalue weighted by atomic mass is 10.1. The third kappa shape index (κ3) is 5.88. The Labute approximate surface area is 204 Å². The number of furan rings is 1. The SMILES string of the molecule is COc1cc([N+](=O)[O-])ccc1NC(=O)COC(=O)c1cc(OC)c(OC)cc1NC(=O)c1ccco1. The van der Waals surface area contributed by atoms with Crippen molar-refractivity contribution >= 4 is 34.8 Å². The molecule has 3 rings (SSSR count). The van der Waals surface area contributed by atoms with Gasteiger partial charge in [0.2, 0.25) is 0 Å². The quantitative estimate of drug-likeness (QED) is 0.240. The van der Waals surface area contributed by atoms with E-state index < -0.39 is 29.3 Å². The third-order valence-electron chi connectivity index (χ3n) is 4.74. The molecule has 0 atom stereocenters. The maximum atomic E-state index is 12.8. The molecule has 0 radical (unpaired) electrons. The Bertz CT molecular complexity index is 1290. The summed E-state index contributed by atoms with van der Waals surface area (Å²) in [5.41, 5.74) is -0.180. The van der Waals surface area contributed by atoms with Crippen molar-refractivity contribution < 1.29 is 42.7 Å². The van der Waals surface area contributed by atoms with Gasteiger partial charge in [-0.15, -0.1) is 0 Å². The van der Waals surface area contributed by atoms with Gasteiger partial charge in [0.25, 0.3) is 17.5 Å². The molecule has 0 saturated carbocycles. The van der Waals surface area contributed by atoms with E-state index in [1.165, 1.54) is 64.0 Å². The number of carbonyl (C=O) groups excluding carboxylic acids is 3. The number of hydrogen-bond acceptors (Lipinski definition) is 10. The molecule has 188 valence electrons. The largest absolute Gasteiger partial charge is 0.494 e. The summed E-state index contributed by atoms with van der Waals surface area (Å²) in [6, 6.07) is 9.21. The number of carbonyl (C=O) groups is 3. The van der Waals surface area contributed by atoms with Crippen molar-refractivity contribution in [3.8, 4) is 17.2 Å². The summed E-state index contributed by atoms with van der Waals surface area (Å²) in [5.74, 6) is -1.86. The van der Waals surface area contributed by atoms with E-state index in [-0.39, 0.29) is 45.6 Å². The van der Waals surface area contributed by atoms with E-state index in [4.69, 9.17) is 23.4 Å². The van der Waals surface area contributed by atoms with Crippen molar-refractivity contribution in [2.24, 2.45) is 0 Å². The van der Waals surface area contributed by atoms with Crippen molar-refractivity contribution in [1.29, 1.82) is 0 Å². The number of nitro groups is 1. The number of nitro benzene ring substituents is 1. The van der Waals surface area contributed by atoms with Crippen molar-refractivity contribution in [1.82, 2.24) is 0 Å². The number of ether oxygens (including phenoxy) is 4. The zero-order chi connectivity index (χ0) is 26.2.